The number of ketones is 1. The fourth-order valence-corrected chi connectivity index (χ4v) is 11.1. The fourth-order valence-electron chi connectivity index (χ4n) is 11.1. The van der Waals surface area contributed by atoms with Crippen molar-refractivity contribution in [1.29, 1.82) is 0 Å². The second kappa shape index (κ2) is 14.7. The van der Waals surface area contributed by atoms with Gasteiger partial charge in [0.1, 0.15) is 5.75 Å². The first-order valence-corrected chi connectivity index (χ1v) is 20.6. The molecule has 0 unspecified atom stereocenters. The number of rotatable bonds is 7. The molecule has 290 valence electrons. The van der Waals surface area contributed by atoms with E-state index < -0.39 is 23.2 Å². The molecule has 6 aliphatic rings. The van der Waals surface area contributed by atoms with E-state index in [1.54, 1.807) is 12.1 Å². The number of benzene rings is 3. The number of hydrogen-bond acceptors (Lipinski definition) is 6. The molecule has 3 aromatic carbocycles. The lowest BCUT2D eigenvalue weighted by atomic mass is 9.45. The van der Waals surface area contributed by atoms with E-state index in [1.807, 2.05) is 65.6 Å². The van der Waals surface area contributed by atoms with Crippen LogP contribution in [0, 0.1) is 28.6 Å². The Bertz CT molecular complexity index is 2080. The van der Waals surface area contributed by atoms with Crippen molar-refractivity contribution in [2.24, 2.45) is 28.6 Å². The lowest BCUT2D eigenvalue weighted by Crippen LogP contribution is -2.58. The Morgan fingerprint density at radius 3 is 2.51 bits per heavy atom. The molecule has 0 radical (unpaired) electrons. The Hall–Kier alpha value is -4.20. The summed E-state index contributed by atoms with van der Waals surface area (Å²) >= 11 is 0. The summed E-state index contributed by atoms with van der Waals surface area (Å²) in [7, 11) is 0. The van der Waals surface area contributed by atoms with Crippen LogP contribution in [0.1, 0.15) is 119 Å². The second-order valence-corrected chi connectivity index (χ2v) is 18.2. The molecule has 4 saturated carbocycles. The van der Waals surface area contributed by atoms with Crippen molar-refractivity contribution in [3.63, 3.8) is 0 Å². The minimum absolute atomic E-state index is 0.147. The van der Waals surface area contributed by atoms with Crippen LogP contribution >= 0.6 is 0 Å². The lowest BCUT2D eigenvalue weighted by Gasteiger charge is -2.60. The second-order valence-electron chi connectivity index (χ2n) is 18.2. The van der Waals surface area contributed by atoms with Gasteiger partial charge in [-0.25, -0.2) is 4.79 Å². The molecule has 4 bridgehead atoms. The average Bonchev–Trinajstić information content (AvgIpc) is 3.80. The van der Waals surface area contributed by atoms with E-state index in [2.05, 4.69) is 33.8 Å². The van der Waals surface area contributed by atoms with Gasteiger partial charge >= 0.3 is 6.09 Å². The summed E-state index contributed by atoms with van der Waals surface area (Å²) in [6.45, 7) is 9.73. The van der Waals surface area contributed by atoms with Crippen molar-refractivity contribution in [3.8, 4) is 5.75 Å². The summed E-state index contributed by atoms with van der Waals surface area (Å²) in [5.74, 6) is 1.99. The predicted octanol–water partition coefficient (Wildman–Crippen LogP) is 10.3. The van der Waals surface area contributed by atoms with Gasteiger partial charge in [-0.3, -0.25) is 4.79 Å². The molecule has 1 amide bonds. The van der Waals surface area contributed by atoms with Crippen LogP contribution in [-0.4, -0.2) is 51.8 Å². The standard InChI is InChI=1S/C48H57NO6/c1-31-9-7-22-47(4)41(39-20-14-32(25-37(50)18-13-31)26-40(39)44(51)43-12-8-24-54-43)21-23-48(47,53)30-49(29-35-15-17-36-28-42(35)46(36,2)3)45(52)55-38-19-16-33-10-5-6-11-34(33)27-38/h5-6,8-12,14,16,19-20,24,26-27,35-37,41-42,50,53H,7,13,15,17-18,21-23,25,28-30H2,1-4H3/t35-,36-,37-,41-,42-,47-,48+/m0/s1. The summed E-state index contributed by atoms with van der Waals surface area (Å²) < 4.78 is 11.8. The van der Waals surface area contributed by atoms with Crippen molar-refractivity contribution in [1.82, 2.24) is 4.90 Å². The van der Waals surface area contributed by atoms with Gasteiger partial charge in [0.15, 0.2) is 5.76 Å². The molecule has 1 aromatic heterocycles. The third-order valence-electron chi connectivity index (χ3n) is 14.8. The van der Waals surface area contributed by atoms with Crippen LogP contribution in [0.2, 0.25) is 0 Å². The van der Waals surface area contributed by atoms with Gasteiger partial charge in [0.2, 0.25) is 5.78 Å². The van der Waals surface area contributed by atoms with Crippen molar-refractivity contribution in [2.45, 2.75) is 110 Å². The number of aliphatic hydroxyl groups excluding tert-OH is 1. The highest BCUT2D eigenvalue weighted by Crippen LogP contribution is 2.62. The topological polar surface area (TPSA) is 100 Å². The van der Waals surface area contributed by atoms with Gasteiger partial charge < -0.3 is 24.3 Å². The van der Waals surface area contributed by atoms with Crippen LogP contribution in [0.4, 0.5) is 4.79 Å². The maximum absolute atomic E-state index is 14.5. The first-order chi connectivity index (χ1) is 26.3. The summed E-state index contributed by atoms with van der Waals surface area (Å²) in [6.07, 6.45) is 10.6. The van der Waals surface area contributed by atoms with Crippen LogP contribution in [0.3, 0.4) is 0 Å². The predicted molar refractivity (Wildman–Crippen MR) is 215 cm³/mol. The molecular formula is C48H57NO6. The molecule has 2 N–H and O–H groups in total. The highest BCUT2D eigenvalue weighted by molar-refractivity contribution is 6.08. The van der Waals surface area contributed by atoms with Crippen molar-refractivity contribution < 1.29 is 29.0 Å². The number of amides is 1. The maximum Gasteiger partial charge on any atom is 0.415 e. The SMILES string of the molecule is CC1=CCC[C@@]2(C)[C@@H](CC[C@@]2(O)CN(C[C@@H]2CC[C@H]3C[C@@H]2C3(C)C)C(=O)Oc2ccc3ccccc3c2)c2ccc(cc2C(=O)c2ccco2)C[C@@H](O)CC1. The van der Waals surface area contributed by atoms with Crippen LogP contribution in [0.25, 0.3) is 10.8 Å². The minimum atomic E-state index is -1.26. The first kappa shape index (κ1) is 37.7. The number of hydrogen-bond donors (Lipinski definition) is 2. The van der Waals surface area contributed by atoms with Crippen molar-refractivity contribution in [3.05, 3.63) is 113 Å². The molecule has 0 spiro atoms. The number of aliphatic hydroxyl groups is 2. The van der Waals surface area contributed by atoms with Crippen LogP contribution < -0.4 is 4.74 Å². The van der Waals surface area contributed by atoms with Gasteiger partial charge in [0.05, 0.1) is 24.5 Å². The summed E-state index contributed by atoms with van der Waals surface area (Å²) in [5, 5.41) is 26.3. The van der Waals surface area contributed by atoms with E-state index in [4.69, 9.17) is 9.15 Å². The molecule has 7 nitrogen and oxygen atoms in total. The number of furan rings is 1. The number of carbonyl (C=O) groups is 2. The van der Waals surface area contributed by atoms with Gasteiger partial charge in [-0.1, -0.05) is 74.9 Å². The van der Waals surface area contributed by atoms with Gasteiger partial charge in [-0.05, 0) is 152 Å². The molecule has 4 aromatic rings. The first-order valence-electron chi connectivity index (χ1n) is 20.6. The van der Waals surface area contributed by atoms with Gasteiger partial charge in [-0.15, -0.1) is 0 Å². The monoisotopic (exact) mass is 743 g/mol. The van der Waals surface area contributed by atoms with Crippen LogP contribution in [0.5, 0.6) is 5.75 Å². The highest BCUT2D eigenvalue weighted by Gasteiger charge is 2.59. The van der Waals surface area contributed by atoms with E-state index in [-0.39, 0.29) is 29.4 Å². The number of allylic oxidation sites excluding steroid dienone is 2. The average molecular weight is 744 g/mol. The Kier molecular flexibility index (Phi) is 10.1. The third-order valence-corrected chi connectivity index (χ3v) is 14.8. The number of carbonyl (C=O) groups excluding carboxylic acids is 2. The lowest BCUT2D eigenvalue weighted by molar-refractivity contribution is -0.119. The molecule has 4 fully saturated rings. The van der Waals surface area contributed by atoms with Crippen LogP contribution in [-0.2, 0) is 6.42 Å². The van der Waals surface area contributed by atoms with Crippen molar-refractivity contribution >= 4 is 22.6 Å². The molecule has 1 heterocycles. The Balaban J connectivity index is 1.16. The Morgan fingerprint density at radius 2 is 1.75 bits per heavy atom. The smallest absolute Gasteiger partial charge is 0.415 e. The molecule has 55 heavy (non-hydrogen) atoms. The Labute approximate surface area is 325 Å². The van der Waals surface area contributed by atoms with E-state index >= 15 is 0 Å². The zero-order valence-electron chi connectivity index (χ0n) is 32.9. The Morgan fingerprint density at radius 1 is 0.927 bits per heavy atom. The van der Waals surface area contributed by atoms with E-state index in [0.29, 0.717) is 61.8 Å². The molecule has 6 aliphatic carbocycles. The summed E-state index contributed by atoms with van der Waals surface area (Å²) in [6, 6.07) is 23.2. The fraction of sp³-hybridized carbons (Fsp3) is 0.500. The number of ether oxygens (including phenoxy) is 1. The van der Waals surface area contributed by atoms with E-state index in [1.165, 1.54) is 18.3 Å². The number of fused-ring (bicyclic) bond motifs is 11. The normalized spacial score (nSPS) is 30.1. The maximum atomic E-state index is 14.5. The minimum Gasteiger partial charge on any atom is -0.461 e. The molecule has 10 rings (SSSR count). The molecule has 0 aliphatic heterocycles. The molecule has 7 heteroatoms. The van der Waals surface area contributed by atoms with Gasteiger partial charge in [0.25, 0.3) is 0 Å². The van der Waals surface area contributed by atoms with Gasteiger partial charge in [-0.2, -0.15) is 0 Å². The molecule has 7 atom stereocenters. The summed E-state index contributed by atoms with van der Waals surface area (Å²) in [5.41, 5.74) is 1.85. The quantitative estimate of drug-likeness (QED) is 0.144. The van der Waals surface area contributed by atoms with Crippen molar-refractivity contribution in [2.75, 3.05) is 13.1 Å². The number of nitrogens with zero attached hydrogens (tertiary/aromatic N) is 1. The molecule has 0 saturated heterocycles. The van der Waals surface area contributed by atoms with E-state index in [9.17, 15) is 19.8 Å². The summed E-state index contributed by atoms with van der Waals surface area (Å²) in [4.78, 5) is 30.5. The van der Waals surface area contributed by atoms with Crippen LogP contribution in [0.15, 0.2) is 95.1 Å². The van der Waals surface area contributed by atoms with Gasteiger partial charge in [0, 0.05) is 17.5 Å². The molecular weight excluding hydrogens is 687 g/mol. The third kappa shape index (κ3) is 7.08. The largest absolute Gasteiger partial charge is 0.461 e. The zero-order valence-corrected chi connectivity index (χ0v) is 32.9. The zero-order chi connectivity index (χ0) is 38.5. The highest BCUT2D eigenvalue weighted by atomic mass is 16.6. The van der Waals surface area contributed by atoms with E-state index in [0.717, 1.165) is 53.5 Å².